The second-order valence-electron chi connectivity index (χ2n) is 3.61. The summed E-state index contributed by atoms with van der Waals surface area (Å²) in [6.07, 6.45) is 0. The Labute approximate surface area is 111 Å². The van der Waals surface area contributed by atoms with E-state index in [2.05, 4.69) is 30.8 Å². The summed E-state index contributed by atoms with van der Waals surface area (Å²) >= 11 is 4.52. The number of nitrogens with one attached hydrogen (secondary N) is 1. The minimum atomic E-state index is -0.167. The van der Waals surface area contributed by atoms with Crippen molar-refractivity contribution < 1.29 is 4.79 Å². The van der Waals surface area contributed by atoms with Gasteiger partial charge in [-0.3, -0.25) is 4.79 Å². The van der Waals surface area contributed by atoms with Crippen LogP contribution in [0.2, 0.25) is 0 Å². The Morgan fingerprint density at radius 1 is 1.41 bits per heavy atom. The smallest absolute Gasteiger partial charge is 0.269 e. The number of carbonyl (C=O) groups is 1. The van der Waals surface area contributed by atoms with Gasteiger partial charge >= 0.3 is 0 Å². The summed E-state index contributed by atoms with van der Waals surface area (Å²) in [5.74, 6) is -0.167. The molecule has 0 bridgehead atoms. The van der Waals surface area contributed by atoms with E-state index in [1.807, 2.05) is 25.1 Å². The molecule has 1 N–H and O–H groups in total. The van der Waals surface area contributed by atoms with Crippen LogP contribution in [0, 0.1) is 13.8 Å². The molecule has 0 spiro atoms. The van der Waals surface area contributed by atoms with E-state index in [0.717, 1.165) is 27.3 Å². The first-order valence-electron chi connectivity index (χ1n) is 4.94. The van der Waals surface area contributed by atoms with Crippen LogP contribution >= 0.6 is 27.5 Å². The quantitative estimate of drug-likeness (QED) is 0.926. The standard InChI is InChI=1S/C11H10BrN3OS/c1-6-5-8(3-4-9(6)12)13-11(16)10-7(2)14-15-17-10/h3-5H,1-2H3,(H,13,16). The molecule has 0 fully saturated rings. The van der Waals surface area contributed by atoms with Crippen molar-refractivity contribution in [2.75, 3.05) is 5.32 Å². The average Bonchev–Trinajstić information content (AvgIpc) is 2.70. The van der Waals surface area contributed by atoms with Gasteiger partial charge in [0.05, 0.1) is 5.69 Å². The van der Waals surface area contributed by atoms with Crippen LogP contribution in [0.15, 0.2) is 22.7 Å². The zero-order valence-corrected chi connectivity index (χ0v) is 11.7. The fourth-order valence-electron chi connectivity index (χ4n) is 1.35. The van der Waals surface area contributed by atoms with Gasteiger partial charge in [0.1, 0.15) is 4.88 Å². The monoisotopic (exact) mass is 311 g/mol. The normalized spacial score (nSPS) is 10.3. The van der Waals surface area contributed by atoms with Crippen molar-refractivity contribution >= 4 is 39.1 Å². The van der Waals surface area contributed by atoms with E-state index >= 15 is 0 Å². The molecule has 0 saturated carbocycles. The predicted molar refractivity (Wildman–Crippen MR) is 71.5 cm³/mol. The lowest BCUT2D eigenvalue weighted by atomic mass is 10.2. The van der Waals surface area contributed by atoms with Gasteiger partial charge in [-0.15, -0.1) is 5.10 Å². The van der Waals surface area contributed by atoms with Gasteiger partial charge in [-0.1, -0.05) is 20.4 Å². The highest BCUT2D eigenvalue weighted by atomic mass is 79.9. The average molecular weight is 312 g/mol. The number of halogens is 1. The molecule has 4 nitrogen and oxygen atoms in total. The summed E-state index contributed by atoms with van der Waals surface area (Å²) in [5.41, 5.74) is 2.49. The second-order valence-corrected chi connectivity index (χ2v) is 5.21. The number of hydrogen-bond acceptors (Lipinski definition) is 4. The molecule has 0 saturated heterocycles. The third kappa shape index (κ3) is 2.70. The number of carbonyl (C=O) groups excluding carboxylic acids is 1. The van der Waals surface area contributed by atoms with Gasteiger partial charge in [0, 0.05) is 10.2 Å². The zero-order chi connectivity index (χ0) is 12.4. The molecule has 17 heavy (non-hydrogen) atoms. The molecule has 0 aliphatic rings. The third-order valence-electron chi connectivity index (χ3n) is 2.27. The Kier molecular flexibility index (Phi) is 3.54. The molecule has 0 radical (unpaired) electrons. The van der Waals surface area contributed by atoms with Crippen molar-refractivity contribution in [2.45, 2.75) is 13.8 Å². The van der Waals surface area contributed by atoms with E-state index in [9.17, 15) is 4.79 Å². The number of aryl methyl sites for hydroxylation is 2. The first kappa shape index (κ1) is 12.2. The van der Waals surface area contributed by atoms with E-state index in [4.69, 9.17) is 0 Å². The second kappa shape index (κ2) is 4.93. The first-order valence-corrected chi connectivity index (χ1v) is 6.51. The molecule has 0 unspecified atom stereocenters. The maximum Gasteiger partial charge on any atom is 0.269 e. The SMILES string of the molecule is Cc1cc(NC(=O)c2snnc2C)ccc1Br. The summed E-state index contributed by atoms with van der Waals surface area (Å²) in [7, 11) is 0. The number of anilines is 1. The Hall–Kier alpha value is -1.27. The van der Waals surface area contributed by atoms with Crippen LogP contribution in [0.3, 0.4) is 0 Å². The minimum Gasteiger partial charge on any atom is -0.321 e. The van der Waals surface area contributed by atoms with Crippen LogP contribution in [-0.2, 0) is 0 Å². The summed E-state index contributed by atoms with van der Waals surface area (Å²) in [6.45, 7) is 3.74. The molecule has 0 atom stereocenters. The number of amides is 1. The molecule has 0 aliphatic heterocycles. The third-order valence-corrected chi connectivity index (χ3v) is 3.99. The fraction of sp³-hybridized carbons (Fsp3) is 0.182. The predicted octanol–water partition coefficient (Wildman–Crippen LogP) is 3.17. The van der Waals surface area contributed by atoms with Gasteiger partial charge in [0.25, 0.3) is 5.91 Å². The van der Waals surface area contributed by atoms with E-state index in [1.54, 1.807) is 6.92 Å². The van der Waals surface area contributed by atoms with Crippen molar-refractivity contribution in [1.29, 1.82) is 0 Å². The molecule has 6 heteroatoms. The summed E-state index contributed by atoms with van der Waals surface area (Å²) in [5, 5.41) is 6.64. The largest absolute Gasteiger partial charge is 0.321 e. The van der Waals surface area contributed by atoms with Crippen LogP contribution < -0.4 is 5.32 Å². The van der Waals surface area contributed by atoms with Gasteiger partial charge in [-0.05, 0) is 49.1 Å². The highest BCUT2D eigenvalue weighted by Gasteiger charge is 2.13. The number of aromatic nitrogens is 2. The van der Waals surface area contributed by atoms with Crippen LogP contribution in [-0.4, -0.2) is 15.5 Å². The lowest BCUT2D eigenvalue weighted by Gasteiger charge is -2.05. The van der Waals surface area contributed by atoms with Gasteiger partial charge in [0.15, 0.2) is 0 Å². The van der Waals surface area contributed by atoms with Gasteiger partial charge in [0.2, 0.25) is 0 Å². The van der Waals surface area contributed by atoms with Crippen molar-refractivity contribution in [3.8, 4) is 0 Å². The molecular weight excluding hydrogens is 302 g/mol. The lowest BCUT2D eigenvalue weighted by molar-refractivity contribution is 0.103. The van der Waals surface area contributed by atoms with Gasteiger partial charge < -0.3 is 5.32 Å². The number of benzene rings is 1. The minimum absolute atomic E-state index is 0.167. The van der Waals surface area contributed by atoms with E-state index in [-0.39, 0.29) is 5.91 Å². The van der Waals surface area contributed by atoms with Crippen LogP contribution in [0.1, 0.15) is 20.9 Å². The highest BCUT2D eigenvalue weighted by molar-refractivity contribution is 9.10. The van der Waals surface area contributed by atoms with Gasteiger partial charge in [-0.2, -0.15) is 0 Å². The summed E-state index contributed by atoms with van der Waals surface area (Å²) in [4.78, 5) is 12.4. The zero-order valence-electron chi connectivity index (χ0n) is 9.32. The Bertz CT molecular complexity index is 568. The Morgan fingerprint density at radius 2 is 2.18 bits per heavy atom. The summed E-state index contributed by atoms with van der Waals surface area (Å²) < 4.78 is 4.76. The molecule has 1 amide bonds. The van der Waals surface area contributed by atoms with E-state index < -0.39 is 0 Å². The Balaban J connectivity index is 2.19. The molecular formula is C11H10BrN3OS. The highest BCUT2D eigenvalue weighted by Crippen LogP contribution is 2.21. The topological polar surface area (TPSA) is 54.9 Å². The molecule has 1 aromatic carbocycles. The molecule has 1 aromatic heterocycles. The van der Waals surface area contributed by atoms with Crippen LogP contribution in [0.5, 0.6) is 0 Å². The van der Waals surface area contributed by atoms with Crippen molar-refractivity contribution in [3.63, 3.8) is 0 Å². The number of rotatable bonds is 2. The molecule has 1 heterocycles. The lowest BCUT2D eigenvalue weighted by Crippen LogP contribution is -2.11. The number of nitrogens with zero attached hydrogens (tertiary/aromatic N) is 2. The molecule has 88 valence electrons. The van der Waals surface area contributed by atoms with Crippen molar-refractivity contribution in [1.82, 2.24) is 9.59 Å². The maximum atomic E-state index is 11.9. The first-order chi connectivity index (χ1) is 8.08. The maximum absolute atomic E-state index is 11.9. The molecule has 2 aromatic rings. The molecule has 0 aliphatic carbocycles. The van der Waals surface area contributed by atoms with Crippen molar-refractivity contribution in [2.24, 2.45) is 0 Å². The van der Waals surface area contributed by atoms with Crippen LogP contribution in [0.4, 0.5) is 5.69 Å². The van der Waals surface area contributed by atoms with Crippen molar-refractivity contribution in [3.05, 3.63) is 38.8 Å². The summed E-state index contributed by atoms with van der Waals surface area (Å²) in [6, 6.07) is 5.66. The Morgan fingerprint density at radius 3 is 2.76 bits per heavy atom. The fourth-order valence-corrected chi connectivity index (χ4v) is 2.15. The van der Waals surface area contributed by atoms with Gasteiger partial charge in [-0.25, -0.2) is 0 Å². The number of hydrogen-bond donors (Lipinski definition) is 1. The van der Waals surface area contributed by atoms with Crippen LogP contribution in [0.25, 0.3) is 0 Å². The molecule has 2 rings (SSSR count). The van der Waals surface area contributed by atoms with E-state index in [0.29, 0.717) is 10.6 Å². The van der Waals surface area contributed by atoms with E-state index in [1.165, 1.54) is 0 Å².